The van der Waals surface area contributed by atoms with E-state index in [-0.39, 0.29) is 12.5 Å². The van der Waals surface area contributed by atoms with Crippen molar-refractivity contribution in [2.45, 2.75) is 24.0 Å². The third-order valence-corrected chi connectivity index (χ3v) is 6.10. The van der Waals surface area contributed by atoms with Crippen LogP contribution in [-0.4, -0.2) is 49.3 Å². The molecule has 0 saturated carbocycles. The fourth-order valence-corrected chi connectivity index (χ4v) is 4.53. The molecule has 1 aliphatic heterocycles. The molecule has 2 heterocycles. The number of para-hydroxylation sites is 1. The molecule has 0 radical (unpaired) electrons. The van der Waals surface area contributed by atoms with Gasteiger partial charge in [-0.2, -0.15) is 4.31 Å². The first-order valence-corrected chi connectivity index (χ1v) is 9.44. The number of amides is 1. The fraction of sp³-hybridized carbons (Fsp3) is 0.294. The minimum atomic E-state index is -4.11. The smallest absolute Gasteiger partial charge is 0.371 e. The van der Waals surface area contributed by atoms with Crippen LogP contribution in [0.2, 0.25) is 0 Å². The summed E-state index contributed by atoms with van der Waals surface area (Å²) in [6.07, 6.45) is 0.923. The number of carbonyl (C=O) groups excluding carboxylic acids is 1. The molecule has 2 aromatic rings. The summed E-state index contributed by atoms with van der Waals surface area (Å²) in [6, 6.07) is 10.2. The van der Waals surface area contributed by atoms with Crippen LogP contribution in [-0.2, 0) is 14.8 Å². The second-order valence-corrected chi connectivity index (χ2v) is 7.75. The minimum absolute atomic E-state index is 0.171. The highest BCUT2D eigenvalue weighted by molar-refractivity contribution is 7.89. The molecular weight excluding hydrogens is 360 g/mol. The Morgan fingerprint density at radius 3 is 2.50 bits per heavy atom. The van der Waals surface area contributed by atoms with Gasteiger partial charge in [0.2, 0.25) is 16.8 Å². The van der Waals surface area contributed by atoms with Gasteiger partial charge in [0.1, 0.15) is 6.04 Å². The number of carbonyl (C=O) groups is 2. The van der Waals surface area contributed by atoms with Crippen molar-refractivity contribution in [3.05, 3.63) is 48.2 Å². The molecule has 1 aliphatic rings. The van der Waals surface area contributed by atoms with E-state index in [0.717, 1.165) is 16.4 Å². The van der Waals surface area contributed by atoms with E-state index >= 15 is 0 Å². The maximum absolute atomic E-state index is 12.8. The van der Waals surface area contributed by atoms with Crippen LogP contribution in [0.15, 0.2) is 52.0 Å². The van der Waals surface area contributed by atoms with Gasteiger partial charge in [-0.3, -0.25) is 4.79 Å². The number of carboxylic acids is 1. The van der Waals surface area contributed by atoms with Crippen molar-refractivity contribution in [1.29, 1.82) is 0 Å². The Morgan fingerprint density at radius 2 is 1.88 bits per heavy atom. The summed E-state index contributed by atoms with van der Waals surface area (Å²) in [6.45, 7) is 0.171. The third-order valence-electron chi connectivity index (χ3n) is 4.32. The van der Waals surface area contributed by atoms with Gasteiger partial charge in [0.25, 0.3) is 10.0 Å². The molecule has 1 aromatic heterocycles. The largest absolute Gasteiger partial charge is 0.475 e. The Kier molecular flexibility index (Phi) is 4.84. The summed E-state index contributed by atoms with van der Waals surface area (Å²) in [4.78, 5) is 25.2. The van der Waals surface area contributed by atoms with Crippen LogP contribution in [0.3, 0.4) is 0 Å². The molecule has 1 aromatic carbocycles. The van der Waals surface area contributed by atoms with Crippen LogP contribution < -0.4 is 4.90 Å². The van der Waals surface area contributed by atoms with Crippen LogP contribution in [0.1, 0.15) is 23.4 Å². The highest BCUT2D eigenvalue weighted by atomic mass is 32.2. The standard InChI is InChI=1S/C17H18N2O6S/c1-18(12-6-3-2-4-7-12)16(20)13-8-5-11-19(13)26(23,24)15-10-9-14(25-15)17(21)22/h2-4,6-7,9-10,13H,5,8,11H2,1H3,(H,21,22). The number of nitrogens with zero attached hydrogens (tertiary/aromatic N) is 2. The molecule has 138 valence electrons. The molecule has 1 unspecified atom stereocenters. The summed E-state index contributed by atoms with van der Waals surface area (Å²) >= 11 is 0. The maximum atomic E-state index is 12.8. The van der Waals surface area contributed by atoms with Gasteiger partial charge in [0.05, 0.1) is 0 Å². The van der Waals surface area contributed by atoms with E-state index in [9.17, 15) is 18.0 Å². The summed E-state index contributed by atoms with van der Waals surface area (Å²) in [5.41, 5.74) is 0.660. The minimum Gasteiger partial charge on any atom is -0.475 e. The van der Waals surface area contributed by atoms with Gasteiger partial charge in [-0.25, -0.2) is 13.2 Å². The van der Waals surface area contributed by atoms with E-state index in [2.05, 4.69) is 0 Å². The van der Waals surface area contributed by atoms with Crippen LogP contribution in [0.4, 0.5) is 5.69 Å². The van der Waals surface area contributed by atoms with Crippen molar-refractivity contribution in [3.8, 4) is 0 Å². The van der Waals surface area contributed by atoms with Crippen LogP contribution >= 0.6 is 0 Å². The molecule has 3 rings (SSSR count). The van der Waals surface area contributed by atoms with E-state index in [1.54, 1.807) is 31.3 Å². The number of hydrogen-bond donors (Lipinski definition) is 1. The Bertz CT molecular complexity index is 922. The van der Waals surface area contributed by atoms with Gasteiger partial charge >= 0.3 is 5.97 Å². The van der Waals surface area contributed by atoms with E-state index in [1.807, 2.05) is 6.07 Å². The van der Waals surface area contributed by atoms with E-state index < -0.39 is 32.9 Å². The third kappa shape index (κ3) is 3.23. The number of rotatable bonds is 5. The first-order chi connectivity index (χ1) is 12.3. The molecule has 1 saturated heterocycles. The van der Waals surface area contributed by atoms with E-state index in [0.29, 0.717) is 18.5 Å². The average Bonchev–Trinajstić information content (AvgIpc) is 3.31. The number of benzene rings is 1. The lowest BCUT2D eigenvalue weighted by molar-refractivity contribution is -0.121. The predicted molar refractivity (Wildman–Crippen MR) is 92.4 cm³/mol. The molecule has 0 bridgehead atoms. The number of furan rings is 1. The summed E-state index contributed by atoms with van der Waals surface area (Å²) in [5.74, 6) is -2.17. The second-order valence-electron chi connectivity index (χ2n) is 5.93. The normalized spacial score (nSPS) is 18.0. The first kappa shape index (κ1) is 18.2. The lowest BCUT2D eigenvalue weighted by Crippen LogP contribution is -2.46. The van der Waals surface area contributed by atoms with Crippen molar-refractivity contribution >= 4 is 27.6 Å². The molecule has 9 heteroatoms. The Labute approximate surface area is 150 Å². The van der Waals surface area contributed by atoms with Crippen molar-refractivity contribution in [2.75, 3.05) is 18.5 Å². The number of carboxylic acid groups (broad SMARTS) is 1. The summed E-state index contributed by atoms with van der Waals surface area (Å²) < 4.78 is 31.6. The monoisotopic (exact) mass is 378 g/mol. The molecule has 0 aliphatic carbocycles. The second kappa shape index (κ2) is 6.93. The van der Waals surface area contributed by atoms with Gasteiger partial charge in [0, 0.05) is 19.3 Å². The zero-order valence-corrected chi connectivity index (χ0v) is 14.8. The van der Waals surface area contributed by atoms with Crippen molar-refractivity contribution < 1.29 is 27.5 Å². The highest BCUT2D eigenvalue weighted by Crippen LogP contribution is 2.29. The Balaban J connectivity index is 1.87. The molecule has 1 fully saturated rings. The van der Waals surface area contributed by atoms with E-state index in [4.69, 9.17) is 9.52 Å². The Hall–Kier alpha value is -2.65. The molecule has 0 spiro atoms. The highest BCUT2D eigenvalue weighted by Gasteiger charge is 2.42. The molecule has 8 nitrogen and oxygen atoms in total. The fourth-order valence-electron chi connectivity index (χ4n) is 2.97. The lowest BCUT2D eigenvalue weighted by Gasteiger charge is -2.26. The molecule has 1 atom stereocenters. The maximum Gasteiger partial charge on any atom is 0.371 e. The van der Waals surface area contributed by atoms with Crippen molar-refractivity contribution in [3.63, 3.8) is 0 Å². The van der Waals surface area contributed by atoms with Crippen LogP contribution in [0, 0.1) is 0 Å². The van der Waals surface area contributed by atoms with Gasteiger partial charge < -0.3 is 14.4 Å². The molecule has 1 N–H and O–H groups in total. The number of aromatic carboxylic acids is 1. The predicted octanol–water partition coefficient (Wildman–Crippen LogP) is 1.79. The van der Waals surface area contributed by atoms with E-state index in [1.165, 1.54) is 4.90 Å². The molecule has 26 heavy (non-hydrogen) atoms. The van der Waals surface area contributed by atoms with Crippen molar-refractivity contribution in [1.82, 2.24) is 4.31 Å². The number of likely N-dealkylation sites (N-methyl/N-ethyl adjacent to an activating group) is 1. The molecular formula is C17H18N2O6S. The first-order valence-electron chi connectivity index (χ1n) is 8.00. The summed E-state index contributed by atoms with van der Waals surface area (Å²) in [7, 11) is -2.51. The zero-order valence-electron chi connectivity index (χ0n) is 14.0. The number of sulfonamides is 1. The van der Waals surface area contributed by atoms with Crippen molar-refractivity contribution in [2.24, 2.45) is 0 Å². The van der Waals surface area contributed by atoms with Gasteiger partial charge in [0.15, 0.2) is 0 Å². The average molecular weight is 378 g/mol. The Morgan fingerprint density at radius 1 is 1.19 bits per heavy atom. The quantitative estimate of drug-likeness (QED) is 0.850. The zero-order chi connectivity index (χ0) is 18.9. The number of anilines is 1. The molecule has 1 amide bonds. The van der Waals surface area contributed by atoms with Gasteiger partial charge in [-0.05, 0) is 37.1 Å². The lowest BCUT2D eigenvalue weighted by atomic mass is 10.2. The topological polar surface area (TPSA) is 108 Å². The van der Waals surface area contributed by atoms with Crippen LogP contribution in [0.5, 0.6) is 0 Å². The summed E-state index contributed by atoms with van der Waals surface area (Å²) in [5, 5.41) is 8.43. The van der Waals surface area contributed by atoms with Gasteiger partial charge in [-0.15, -0.1) is 0 Å². The van der Waals surface area contributed by atoms with Crippen LogP contribution in [0.25, 0.3) is 0 Å². The van der Waals surface area contributed by atoms with Gasteiger partial charge in [-0.1, -0.05) is 18.2 Å². The SMILES string of the molecule is CN(C(=O)C1CCCN1S(=O)(=O)c1ccc(C(=O)O)o1)c1ccccc1. The number of hydrogen-bond acceptors (Lipinski definition) is 5.